The normalized spacial score (nSPS) is 12.3. The van der Waals surface area contributed by atoms with E-state index in [9.17, 15) is 0 Å². The zero-order chi connectivity index (χ0) is 11.0. The van der Waals surface area contributed by atoms with Crippen molar-refractivity contribution in [2.45, 2.75) is 33.6 Å². The molecule has 0 aliphatic carbocycles. The van der Waals surface area contributed by atoms with Gasteiger partial charge in [-0.2, -0.15) is 0 Å². The number of hydrogen-bond acceptors (Lipinski definition) is 3. The molecule has 0 unspecified atom stereocenters. The first-order valence-corrected chi connectivity index (χ1v) is 5.44. The van der Waals surface area contributed by atoms with E-state index in [2.05, 4.69) is 26.7 Å². The van der Waals surface area contributed by atoms with Gasteiger partial charge in [-0.15, -0.1) is 12.8 Å². The van der Waals surface area contributed by atoms with Gasteiger partial charge in [0.25, 0.3) is 7.41 Å². The molecule has 1 radical (unpaired) electrons. The monoisotopic (exact) mass is 211 g/mol. The van der Waals surface area contributed by atoms with E-state index >= 15 is 0 Å². The standard InChI is InChI=1S/C10H20BN2S/c1-9(2)5-4-6-13(14)11-7-10(3)8-12/h7-9,12,14H,4-6H2,1-3H3/b10-7-,12-8?. The quantitative estimate of drug-likeness (QED) is 0.378. The van der Waals surface area contributed by atoms with Gasteiger partial charge >= 0.3 is 0 Å². The van der Waals surface area contributed by atoms with Crippen molar-refractivity contribution >= 4 is 26.4 Å². The molecule has 0 saturated carbocycles. The first kappa shape index (κ1) is 13.8. The topological polar surface area (TPSA) is 27.1 Å². The molecule has 14 heavy (non-hydrogen) atoms. The molecule has 0 rings (SSSR count). The third-order valence-electron chi connectivity index (χ3n) is 1.91. The van der Waals surface area contributed by atoms with Gasteiger partial charge in [0, 0.05) is 6.21 Å². The molecule has 0 saturated heterocycles. The van der Waals surface area contributed by atoms with Crippen LogP contribution >= 0.6 is 12.8 Å². The van der Waals surface area contributed by atoms with Crippen LogP contribution in [0.25, 0.3) is 0 Å². The molecule has 0 aliphatic rings. The van der Waals surface area contributed by atoms with Crippen LogP contribution in [0.2, 0.25) is 0 Å². The average Bonchev–Trinajstić information content (AvgIpc) is 2.13. The van der Waals surface area contributed by atoms with Crippen molar-refractivity contribution < 1.29 is 0 Å². The van der Waals surface area contributed by atoms with Crippen molar-refractivity contribution in [2.24, 2.45) is 5.92 Å². The summed E-state index contributed by atoms with van der Waals surface area (Å²) < 4.78 is 1.87. The Balaban J connectivity index is 3.55. The van der Waals surface area contributed by atoms with Gasteiger partial charge in [0.15, 0.2) is 0 Å². The summed E-state index contributed by atoms with van der Waals surface area (Å²) in [5.74, 6) is 2.66. The second-order valence-corrected chi connectivity index (χ2v) is 4.42. The first-order valence-electron chi connectivity index (χ1n) is 5.04. The van der Waals surface area contributed by atoms with Gasteiger partial charge in [0.2, 0.25) is 0 Å². The first-order chi connectivity index (χ1) is 6.56. The SMILES string of the molecule is C/C(C=N)=C/[B]N(S)CCCC(C)C. The summed E-state index contributed by atoms with van der Waals surface area (Å²) in [5, 5.41) is 6.99. The molecule has 4 heteroatoms. The predicted octanol–water partition coefficient (Wildman–Crippen LogP) is 2.74. The highest BCUT2D eigenvalue weighted by molar-refractivity contribution is 7.78. The summed E-state index contributed by atoms with van der Waals surface area (Å²) in [5.41, 5.74) is 0.938. The fourth-order valence-corrected chi connectivity index (χ4v) is 1.20. The molecular formula is C10H20BN2S. The summed E-state index contributed by atoms with van der Waals surface area (Å²) in [7, 11) is 1.91. The molecule has 0 aromatic heterocycles. The van der Waals surface area contributed by atoms with Crippen LogP contribution in [0, 0.1) is 11.3 Å². The van der Waals surface area contributed by atoms with Gasteiger partial charge in [-0.1, -0.05) is 19.8 Å². The minimum absolute atomic E-state index is 0.760. The van der Waals surface area contributed by atoms with Crippen LogP contribution in [0.15, 0.2) is 11.5 Å². The lowest BCUT2D eigenvalue weighted by molar-refractivity contribution is 0.523. The van der Waals surface area contributed by atoms with Crippen LogP contribution in [0.1, 0.15) is 33.6 Å². The maximum atomic E-state index is 6.99. The summed E-state index contributed by atoms with van der Waals surface area (Å²) in [6.45, 7) is 7.32. The molecule has 0 aromatic rings. The van der Waals surface area contributed by atoms with Crippen LogP contribution in [0.3, 0.4) is 0 Å². The van der Waals surface area contributed by atoms with Crippen LogP contribution in [-0.2, 0) is 0 Å². The van der Waals surface area contributed by atoms with Crippen molar-refractivity contribution in [3.8, 4) is 0 Å². The second kappa shape index (κ2) is 8.12. The molecule has 0 atom stereocenters. The van der Waals surface area contributed by atoms with Gasteiger partial charge < -0.3 is 5.41 Å². The predicted molar refractivity (Wildman–Crippen MR) is 68.1 cm³/mol. The molecule has 2 nitrogen and oxygen atoms in total. The van der Waals surface area contributed by atoms with Gasteiger partial charge in [0.05, 0.1) is 0 Å². The van der Waals surface area contributed by atoms with E-state index in [1.165, 1.54) is 12.6 Å². The van der Waals surface area contributed by atoms with Gasteiger partial charge in [0.1, 0.15) is 0 Å². The Morgan fingerprint density at radius 3 is 2.71 bits per heavy atom. The molecule has 0 heterocycles. The zero-order valence-corrected chi connectivity index (χ0v) is 10.2. The number of rotatable bonds is 7. The van der Waals surface area contributed by atoms with E-state index < -0.39 is 0 Å². The highest BCUT2D eigenvalue weighted by Crippen LogP contribution is 2.05. The third kappa shape index (κ3) is 8.39. The van der Waals surface area contributed by atoms with Crippen molar-refractivity contribution in [1.29, 1.82) is 5.41 Å². The van der Waals surface area contributed by atoms with E-state index in [4.69, 9.17) is 5.41 Å². The van der Waals surface area contributed by atoms with Crippen molar-refractivity contribution in [3.05, 3.63) is 11.5 Å². The third-order valence-corrected chi connectivity index (χ3v) is 2.24. The van der Waals surface area contributed by atoms with E-state index in [0.29, 0.717) is 0 Å². The van der Waals surface area contributed by atoms with E-state index in [1.54, 1.807) is 0 Å². The smallest absolute Gasteiger partial charge is 0.252 e. The Bertz CT molecular complexity index is 193. The fraction of sp³-hybridized carbons (Fsp3) is 0.700. The molecular weight excluding hydrogens is 191 g/mol. The highest BCUT2D eigenvalue weighted by atomic mass is 32.1. The molecule has 0 bridgehead atoms. The molecule has 0 aromatic carbocycles. The Morgan fingerprint density at radius 2 is 2.21 bits per heavy atom. The number of nitrogens with zero attached hydrogens (tertiary/aromatic N) is 1. The van der Waals surface area contributed by atoms with Crippen LogP contribution in [-0.4, -0.2) is 24.4 Å². The van der Waals surface area contributed by atoms with Crippen LogP contribution < -0.4 is 0 Å². The molecule has 79 valence electrons. The van der Waals surface area contributed by atoms with E-state index in [1.807, 2.05) is 24.5 Å². The van der Waals surface area contributed by atoms with Gasteiger partial charge in [-0.05, 0) is 37.8 Å². The van der Waals surface area contributed by atoms with E-state index in [0.717, 1.165) is 24.5 Å². The molecule has 0 aliphatic heterocycles. The number of nitrogens with one attached hydrogen (secondary N) is 1. The summed E-state index contributed by atoms with van der Waals surface area (Å²) >= 11 is 4.30. The Morgan fingerprint density at radius 1 is 1.57 bits per heavy atom. The zero-order valence-electron chi connectivity index (χ0n) is 9.33. The van der Waals surface area contributed by atoms with Crippen molar-refractivity contribution in [3.63, 3.8) is 0 Å². The van der Waals surface area contributed by atoms with Crippen molar-refractivity contribution in [1.82, 2.24) is 4.22 Å². The second-order valence-electron chi connectivity index (χ2n) is 3.90. The molecule has 0 spiro atoms. The number of hydrogen-bond donors (Lipinski definition) is 2. The molecule has 0 fully saturated rings. The minimum atomic E-state index is 0.760. The lowest BCUT2D eigenvalue weighted by Crippen LogP contribution is -2.18. The van der Waals surface area contributed by atoms with Gasteiger partial charge in [-0.3, -0.25) is 4.22 Å². The molecule has 1 N–H and O–H groups in total. The highest BCUT2D eigenvalue weighted by Gasteiger charge is 2.00. The number of allylic oxidation sites excluding steroid dienone is 1. The maximum Gasteiger partial charge on any atom is 0.252 e. The molecule has 0 amide bonds. The van der Waals surface area contributed by atoms with Crippen LogP contribution in [0.4, 0.5) is 0 Å². The minimum Gasteiger partial charge on any atom is -0.309 e. The largest absolute Gasteiger partial charge is 0.309 e. The summed E-state index contributed by atoms with van der Waals surface area (Å²) in [4.78, 5) is 0. The summed E-state index contributed by atoms with van der Waals surface area (Å²) in [6.07, 6.45) is 3.74. The van der Waals surface area contributed by atoms with Crippen molar-refractivity contribution in [2.75, 3.05) is 6.54 Å². The van der Waals surface area contributed by atoms with Crippen LogP contribution in [0.5, 0.6) is 0 Å². The lowest BCUT2D eigenvalue weighted by Gasteiger charge is -2.12. The lowest BCUT2D eigenvalue weighted by atomic mass is 9.91. The Hall–Kier alpha value is -0.215. The van der Waals surface area contributed by atoms with E-state index in [-0.39, 0.29) is 0 Å². The Labute approximate surface area is 94.1 Å². The summed E-state index contributed by atoms with van der Waals surface area (Å²) in [6, 6.07) is 0. The Kier molecular flexibility index (Phi) is 8.00. The van der Waals surface area contributed by atoms with Gasteiger partial charge in [-0.25, -0.2) is 0 Å². The fourth-order valence-electron chi connectivity index (χ4n) is 0.988. The average molecular weight is 211 g/mol. The number of thiol groups is 1. The maximum absolute atomic E-state index is 6.99.